The molecule has 2 nitrogen and oxygen atoms in total. The van der Waals surface area contributed by atoms with Crippen molar-refractivity contribution in [3.8, 4) is 0 Å². The Hall–Kier alpha value is -0.530. The van der Waals surface area contributed by atoms with E-state index in [-0.39, 0.29) is 0 Å². The van der Waals surface area contributed by atoms with Crippen LogP contribution < -0.4 is 0 Å². The zero-order valence-electron chi connectivity index (χ0n) is 10.8. The second-order valence-electron chi connectivity index (χ2n) is 4.53. The number of amidine groups is 1. The first kappa shape index (κ1) is 13.5. The molecule has 0 aliphatic heterocycles. The molecule has 0 rings (SSSR count). The van der Waals surface area contributed by atoms with Crippen molar-refractivity contribution >= 4 is 5.84 Å². The Balaban J connectivity index is 4.59. The number of hydrogen-bond donors (Lipinski definition) is 0. The van der Waals surface area contributed by atoms with Crippen LogP contribution in [0.2, 0.25) is 0 Å². The number of aliphatic imine (C=N–C) groups is 1. The molecule has 0 aliphatic carbocycles. The van der Waals surface area contributed by atoms with E-state index in [4.69, 9.17) is 0 Å². The van der Waals surface area contributed by atoms with Crippen molar-refractivity contribution in [1.82, 2.24) is 4.90 Å². The van der Waals surface area contributed by atoms with Crippen molar-refractivity contribution in [3.05, 3.63) is 0 Å². The van der Waals surface area contributed by atoms with Crippen LogP contribution in [0.5, 0.6) is 0 Å². The molecule has 0 fully saturated rings. The molecule has 0 aliphatic rings. The van der Waals surface area contributed by atoms with Gasteiger partial charge in [-0.2, -0.15) is 0 Å². The van der Waals surface area contributed by atoms with Gasteiger partial charge >= 0.3 is 0 Å². The quantitative estimate of drug-likeness (QED) is 0.500. The summed E-state index contributed by atoms with van der Waals surface area (Å²) in [5.74, 6) is 1.17. The molecule has 0 saturated heterocycles. The lowest BCUT2D eigenvalue weighted by Gasteiger charge is -2.33. The van der Waals surface area contributed by atoms with Gasteiger partial charge in [0.2, 0.25) is 0 Å². The Bertz CT molecular complexity index is 175. The van der Waals surface area contributed by atoms with Crippen LogP contribution >= 0.6 is 0 Å². The van der Waals surface area contributed by atoms with Crippen molar-refractivity contribution in [2.75, 3.05) is 0 Å². The maximum Gasteiger partial charge on any atom is 0.0965 e. The molecule has 0 bridgehead atoms. The van der Waals surface area contributed by atoms with E-state index < -0.39 is 0 Å². The van der Waals surface area contributed by atoms with E-state index in [0.29, 0.717) is 18.1 Å². The highest BCUT2D eigenvalue weighted by Crippen LogP contribution is 2.08. The normalized spacial score (nSPS) is 15.1. The van der Waals surface area contributed by atoms with Gasteiger partial charge in [0, 0.05) is 18.1 Å². The van der Waals surface area contributed by atoms with Gasteiger partial charge in [-0.25, -0.2) is 0 Å². The minimum atomic E-state index is 0.440. The number of rotatable bonds is 4. The van der Waals surface area contributed by atoms with Crippen LogP contribution in [-0.4, -0.2) is 28.9 Å². The highest BCUT2D eigenvalue weighted by atomic mass is 15.2. The molecule has 1 unspecified atom stereocenters. The Kier molecular flexibility index (Phi) is 5.82. The highest BCUT2D eigenvalue weighted by molar-refractivity contribution is 5.80. The van der Waals surface area contributed by atoms with E-state index in [1.807, 2.05) is 0 Å². The Morgan fingerprint density at radius 1 is 1.07 bits per heavy atom. The number of hydrogen-bond acceptors (Lipinski definition) is 1. The minimum absolute atomic E-state index is 0.440. The maximum atomic E-state index is 4.68. The fourth-order valence-electron chi connectivity index (χ4n) is 1.82. The first-order valence-corrected chi connectivity index (χ1v) is 5.72. The molecule has 0 amide bonds. The summed E-state index contributed by atoms with van der Waals surface area (Å²) in [5, 5.41) is 0. The molecule has 0 aromatic heterocycles. The summed E-state index contributed by atoms with van der Waals surface area (Å²) in [6.45, 7) is 15.3. The molecule has 0 aromatic rings. The second-order valence-corrected chi connectivity index (χ2v) is 4.53. The average Bonchev–Trinajstić information content (AvgIpc) is 2.02. The molecule has 0 aromatic carbocycles. The van der Waals surface area contributed by atoms with Gasteiger partial charge in [-0.15, -0.1) is 0 Å². The summed E-state index contributed by atoms with van der Waals surface area (Å²) < 4.78 is 0. The van der Waals surface area contributed by atoms with Crippen molar-refractivity contribution in [2.45, 2.75) is 73.0 Å². The van der Waals surface area contributed by atoms with Crippen LogP contribution in [-0.2, 0) is 0 Å². The lowest BCUT2D eigenvalue weighted by atomic mass is 10.2. The molecule has 84 valence electrons. The standard InChI is InChI=1S/C12H26N2/c1-8-11(6)13-12(7)14(9(2)3)10(4)5/h9-11H,8H2,1-7H3. The average molecular weight is 198 g/mol. The van der Waals surface area contributed by atoms with Gasteiger partial charge in [0.15, 0.2) is 0 Å². The zero-order chi connectivity index (χ0) is 11.3. The van der Waals surface area contributed by atoms with Crippen LogP contribution in [0.4, 0.5) is 0 Å². The highest BCUT2D eigenvalue weighted by Gasteiger charge is 2.14. The summed E-state index contributed by atoms with van der Waals surface area (Å²) >= 11 is 0. The van der Waals surface area contributed by atoms with E-state index >= 15 is 0 Å². The zero-order valence-corrected chi connectivity index (χ0v) is 10.8. The van der Waals surface area contributed by atoms with Crippen LogP contribution in [0.1, 0.15) is 54.9 Å². The van der Waals surface area contributed by atoms with E-state index in [9.17, 15) is 0 Å². The minimum Gasteiger partial charge on any atom is -0.356 e. The van der Waals surface area contributed by atoms with Crippen molar-refractivity contribution < 1.29 is 0 Å². The van der Waals surface area contributed by atoms with E-state index in [1.165, 1.54) is 5.84 Å². The summed E-state index contributed by atoms with van der Waals surface area (Å²) in [7, 11) is 0. The van der Waals surface area contributed by atoms with Crippen molar-refractivity contribution in [3.63, 3.8) is 0 Å². The van der Waals surface area contributed by atoms with Crippen molar-refractivity contribution in [2.24, 2.45) is 4.99 Å². The van der Waals surface area contributed by atoms with E-state index in [2.05, 4.69) is 58.4 Å². The number of nitrogens with zero attached hydrogens (tertiary/aromatic N) is 2. The van der Waals surface area contributed by atoms with E-state index in [1.54, 1.807) is 0 Å². The van der Waals surface area contributed by atoms with Crippen LogP contribution in [0.25, 0.3) is 0 Å². The monoisotopic (exact) mass is 198 g/mol. The molecule has 0 spiro atoms. The summed E-state index contributed by atoms with van der Waals surface area (Å²) in [4.78, 5) is 7.05. The maximum absolute atomic E-state index is 4.68. The fraction of sp³-hybridized carbons (Fsp3) is 0.917. The molecular formula is C12H26N2. The smallest absolute Gasteiger partial charge is 0.0965 e. The van der Waals surface area contributed by atoms with Crippen LogP contribution in [0, 0.1) is 0 Å². The van der Waals surface area contributed by atoms with Crippen molar-refractivity contribution in [1.29, 1.82) is 0 Å². The molecule has 2 heteroatoms. The third kappa shape index (κ3) is 4.12. The fourth-order valence-corrected chi connectivity index (χ4v) is 1.82. The summed E-state index contributed by atoms with van der Waals surface area (Å²) in [5.41, 5.74) is 0. The molecule has 0 saturated carbocycles. The van der Waals surface area contributed by atoms with Gasteiger partial charge < -0.3 is 4.90 Å². The lowest BCUT2D eigenvalue weighted by Crippen LogP contribution is -2.41. The summed E-state index contributed by atoms with van der Waals surface area (Å²) in [6, 6.07) is 1.50. The first-order valence-electron chi connectivity index (χ1n) is 5.72. The van der Waals surface area contributed by atoms with Crippen LogP contribution in [0.3, 0.4) is 0 Å². The van der Waals surface area contributed by atoms with Gasteiger partial charge in [0.25, 0.3) is 0 Å². The largest absolute Gasteiger partial charge is 0.356 e. The van der Waals surface area contributed by atoms with Crippen LogP contribution in [0.15, 0.2) is 4.99 Å². The SMILES string of the molecule is CCC(C)N=C(C)N(C(C)C)C(C)C. The molecule has 0 N–H and O–H groups in total. The predicted octanol–water partition coefficient (Wildman–Crippen LogP) is 3.32. The Morgan fingerprint density at radius 3 is 1.79 bits per heavy atom. The first-order chi connectivity index (χ1) is 6.40. The van der Waals surface area contributed by atoms with Gasteiger partial charge in [0.1, 0.15) is 0 Å². The summed E-state index contributed by atoms with van der Waals surface area (Å²) in [6.07, 6.45) is 1.11. The van der Waals surface area contributed by atoms with Gasteiger partial charge in [-0.05, 0) is 48.0 Å². The molecule has 1 atom stereocenters. The third-order valence-electron chi connectivity index (χ3n) is 2.48. The molecular weight excluding hydrogens is 172 g/mol. The predicted molar refractivity (Wildman–Crippen MR) is 65.0 cm³/mol. The molecule has 0 heterocycles. The Labute approximate surface area is 89.4 Å². The topological polar surface area (TPSA) is 15.6 Å². The van der Waals surface area contributed by atoms with Gasteiger partial charge in [-0.3, -0.25) is 4.99 Å². The molecule has 14 heavy (non-hydrogen) atoms. The Morgan fingerprint density at radius 2 is 1.50 bits per heavy atom. The van der Waals surface area contributed by atoms with E-state index in [0.717, 1.165) is 6.42 Å². The van der Waals surface area contributed by atoms with Gasteiger partial charge in [0.05, 0.1) is 5.84 Å². The third-order valence-corrected chi connectivity index (χ3v) is 2.48. The second kappa shape index (κ2) is 6.05. The van der Waals surface area contributed by atoms with Gasteiger partial charge in [-0.1, -0.05) is 6.92 Å². The molecule has 0 radical (unpaired) electrons. The lowest BCUT2D eigenvalue weighted by molar-refractivity contribution is 0.288.